The monoisotopic (exact) mass is 489 g/mol. The van der Waals surface area contributed by atoms with Crippen LogP contribution in [0.1, 0.15) is 27.1 Å². The van der Waals surface area contributed by atoms with Crippen LogP contribution < -0.4 is 14.9 Å². The highest BCUT2D eigenvalue weighted by molar-refractivity contribution is 8.00. The van der Waals surface area contributed by atoms with Gasteiger partial charge >= 0.3 is 0 Å². The van der Waals surface area contributed by atoms with Crippen LogP contribution in [0.2, 0.25) is 10.0 Å². The molecule has 0 aliphatic carbocycles. The molecule has 0 bridgehead atoms. The Hall–Kier alpha value is -2.74. The molecule has 2 amide bonds. The summed E-state index contributed by atoms with van der Waals surface area (Å²) in [7, 11) is 0. The van der Waals surface area contributed by atoms with E-state index in [1.807, 2.05) is 4.31 Å². The first-order chi connectivity index (χ1) is 15.4. The Bertz CT molecular complexity index is 1190. The SMILES string of the molecule is O=C(Nc1ccc(Cl)c(NC(=O)c2cccc(Cl)c2)c1)c1ccc(N2CCCS2)c(F)c1. The molecule has 0 atom stereocenters. The zero-order valence-electron chi connectivity index (χ0n) is 16.7. The number of anilines is 3. The molecule has 1 aliphatic rings. The fourth-order valence-corrected chi connectivity index (χ4v) is 4.59. The molecule has 3 aromatic carbocycles. The summed E-state index contributed by atoms with van der Waals surface area (Å²) in [5.74, 6) is -0.360. The van der Waals surface area contributed by atoms with Gasteiger partial charge in [0, 0.05) is 34.1 Å². The minimum absolute atomic E-state index is 0.190. The highest BCUT2D eigenvalue weighted by atomic mass is 35.5. The van der Waals surface area contributed by atoms with Crippen LogP contribution in [0.15, 0.2) is 60.7 Å². The third kappa shape index (κ3) is 5.18. The summed E-state index contributed by atoms with van der Waals surface area (Å²) in [5.41, 5.74) is 1.76. The molecule has 3 aromatic rings. The van der Waals surface area contributed by atoms with E-state index in [0.29, 0.717) is 32.7 Å². The maximum atomic E-state index is 14.5. The van der Waals surface area contributed by atoms with Crippen molar-refractivity contribution in [2.24, 2.45) is 0 Å². The number of rotatable bonds is 5. The molecule has 0 radical (unpaired) electrons. The summed E-state index contributed by atoms with van der Waals surface area (Å²) >= 11 is 13.7. The molecule has 5 nitrogen and oxygen atoms in total. The molecule has 9 heteroatoms. The second-order valence-electron chi connectivity index (χ2n) is 7.07. The lowest BCUT2D eigenvalue weighted by Gasteiger charge is -2.17. The van der Waals surface area contributed by atoms with Crippen molar-refractivity contribution in [2.75, 3.05) is 27.2 Å². The van der Waals surface area contributed by atoms with Crippen LogP contribution in [0.5, 0.6) is 0 Å². The molecule has 1 saturated heterocycles. The molecule has 2 N–H and O–H groups in total. The fraction of sp³-hybridized carbons (Fsp3) is 0.130. The van der Waals surface area contributed by atoms with Crippen LogP contribution in [-0.2, 0) is 0 Å². The Labute approximate surface area is 199 Å². The number of hydrogen-bond donors (Lipinski definition) is 2. The van der Waals surface area contributed by atoms with Crippen LogP contribution >= 0.6 is 35.1 Å². The van der Waals surface area contributed by atoms with Crippen LogP contribution in [0, 0.1) is 5.82 Å². The number of benzene rings is 3. The zero-order valence-corrected chi connectivity index (χ0v) is 19.0. The summed E-state index contributed by atoms with van der Waals surface area (Å²) in [6, 6.07) is 15.6. The number of halogens is 3. The Morgan fingerprint density at radius 3 is 2.44 bits per heavy atom. The van der Waals surface area contributed by atoms with E-state index in [1.165, 1.54) is 18.2 Å². The molecule has 0 spiro atoms. The average Bonchev–Trinajstić information content (AvgIpc) is 3.30. The summed E-state index contributed by atoms with van der Waals surface area (Å²) in [6.07, 6.45) is 0.999. The molecule has 1 heterocycles. The van der Waals surface area contributed by atoms with Gasteiger partial charge in [-0.05, 0) is 73.0 Å². The van der Waals surface area contributed by atoms with Gasteiger partial charge in [0.05, 0.1) is 16.4 Å². The van der Waals surface area contributed by atoms with E-state index in [0.717, 1.165) is 18.7 Å². The molecule has 0 saturated carbocycles. The smallest absolute Gasteiger partial charge is 0.255 e. The van der Waals surface area contributed by atoms with Crippen molar-refractivity contribution < 1.29 is 14.0 Å². The summed E-state index contributed by atoms with van der Waals surface area (Å²) in [6.45, 7) is 0.779. The van der Waals surface area contributed by atoms with Gasteiger partial charge in [-0.1, -0.05) is 29.3 Å². The molecule has 0 aromatic heterocycles. The first kappa shape index (κ1) is 22.5. The quantitative estimate of drug-likeness (QED) is 0.401. The van der Waals surface area contributed by atoms with Crippen molar-refractivity contribution in [3.8, 4) is 0 Å². The van der Waals surface area contributed by atoms with Gasteiger partial charge in [0.25, 0.3) is 11.8 Å². The van der Waals surface area contributed by atoms with Gasteiger partial charge in [-0.25, -0.2) is 4.39 Å². The lowest BCUT2D eigenvalue weighted by molar-refractivity contribution is 0.101. The normalized spacial score (nSPS) is 13.2. The predicted molar refractivity (Wildman–Crippen MR) is 130 cm³/mol. The topological polar surface area (TPSA) is 61.4 Å². The van der Waals surface area contributed by atoms with Crippen molar-refractivity contribution in [1.82, 2.24) is 0 Å². The van der Waals surface area contributed by atoms with Gasteiger partial charge in [-0.2, -0.15) is 0 Å². The fourth-order valence-electron chi connectivity index (χ4n) is 3.21. The van der Waals surface area contributed by atoms with E-state index < -0.39 is 17.6 Å². The maximum absolute atomic E-state index is 14.5. The highest BCUT2D eigenvalue weighted by Crippen LogP contribution is 2.31. The summed E-state index contributed by atoms with van der Waals surface area (Å²) in [4.78, 5) is 25.1. The number of nitrogens with one attached hydrogen (secondary N) is 2. The van der Waals surface area contributed by atoms with Crippen molar-refractivity contribution in [3.63, 3.8) is 0 Å². The molecular formula is C23H18Cl2FN3O2S. The second-order valence-corrected chi connectivity index (χ2v) is 9.02. The van der Waals surface area contributed by atoms with Crippen molar-refractivity contribution in [1.29, 1.82) is 0 Å². The van der Waals surface area contributed by atoms with Gasteiger partial charge in [-0.3, -0.25) is 9.59 Å². The Balaban J connectivity index is 1.48. The van der Waals surface area contributed by atoms with Crippen LogP contribution in [-0.4, -0.2) is 24.1 Å². The highest BCUT2D eigenvalue weighted by Gasteiger charge is 2.19. The van der Waals surface area contributed by atoms with E-state index >= 15 is 0 Å². The van der Waals surface area contributed by atoms with Crippen LogP contribution in [0.4, 0.5) is 21.5 Å². The van der Waals surface area contributed by atoms with Crippen molar-refractivity contribution in [3.05, 3.63) is 87.7 Å². The van der Waals surface area contributed by atoms with Crippen LogP contribution in [0.25, 0.3) is 0 Å². The largest absolute Gasteiger partial charge is 0.322 e. The number of hydrogen-bond acceptors (Lipinski definition) is 4. The minimum atomic E-state index is -0.473. The van der Waals surface area contributed by atoms with Gasteiger partial charge in [0.2, 0.25) is 0 Å². The molecule has 1 aliphatic heterocycles. The molecule has 32 heavy (non-hydrogen) atoms. The van der Waals surface area contributed by atoms with Gasteiger partial charge in [-0.15, -0.1) is 0 Å². The molecule has 0 unspecified atom stereocenters. The number of carbonyl (C=O) groups is 2. The average molecular weight is 490 g/mol. The van der Waals surface area contributed by atoms with Gasteiger partial charge in [0.1, 0.15) is 5.82 Å². The Kier molecular flexibility index (Phi) is 6.89. The minimum Gasteiger partial charge on any atom is -0.322 e. The standard InChI is InChI=1S/C23H18Cl2FN3O2S/c24-16-4-1-3-14(11-16)23(31)28-20-13-17(6-7-18(20)25)27-22(30)15-5-8-21(19(26)12-15)29-9-2-10-32-29/h1,3-8,11-13H,2,9-10H2,(H,27,30)(H,28,31). The summed E-state index contributed by atoms with van der Waals surface area (Å²) < 4.78 is 16.4. The lowest BCUT2D eigenvalue weighted by atomic mass is 10.1. The van der Waals surface area contributed by atoms with Crippen molar-refractivity contribution in [2.45, 2.75) is 6.42 Å². The number of nitrogens with zero attached hydrogens (tertiary/aromatic N) is 1. The van der Waals surface area contributed by atoms with E-state index in [-0.39, 0.29) is 5.56 Å². The summed E-state index contributed by atoms with van der Waals surface area (Å²) in [5, 5.41) is 6.15. The first-order valence-corrected chi connectivity index (χ1v) is 11.5. The molecule has 4 rings (SSSR count). The Morgan fingerprint density at radius 2 is 1.72 bits per heavy atom. The van der Waals surface area contributed by atoms with E-state index in [4.69, 9.17) is 23.2 Å². The molecule has 164 valence electrons. The van der Waals surface area contributed by atoms with Gasteiger partial charge < -0.3 is 14.9 Å². The van der Waals surface area contributed by atoms with E-state index in [1.54, 1.807) is 54.4 Å². The third-order valence-electron chi connectivity index (χ3n) is 4.79. The number of amides is 2. The maximum Gasteiger partial charge on any atom is 0.255 e. The van der Waals surface area contributed by atoms with Crippen LogP contribution in [0.3, 0.4) is 0 Å². The molecular weight excluding hydrogens is 472 g/mol. The lowest BCUT2D eigenvalue weighted by Crippen LogP contribution is -2.15. The predicted octanol–water partition coefficient (Wildman–Crippen LogP) is 6.50. The van der Waals surface area contributed by atoms with E-state index in [9.17, 15) is 14.0 Å². The van der Waals surface area contributed by atoms with Gasteiger partial charge in [0.15, 0.2) is 0 Å². The second kappa shape index (κ2) is 9.81. The first-order valence-electron chi connectivity index (χ1n) is 9.78. The number of carbonyl (C=O) groups excluding carboxylic acids is 2. The Morgan fingerprint density at radius 1 is 0.938 bits per heavy atom. The third-order valence-corrected chi connectivity index (χ3v) is 6.52. The zero-order chi connectivity index (χ0) is 22.7. The molecule has 1 fully saturated rings. The van der Waals surface area contributed by atoms with Crippen molar-refractivity contribution >= 4 is 64.0 Å². The van der Waals surface area contributed by atoms with E-state index in [2.05, 4.69) is 10.6 Å².